The number of hydrogen-bond donors (Lipinski definition) is 1. The van der Waals surface area contributed by atoms with Gasteiger partial charge in [-0.25, -0.2) is 19.5 Å². The fourth-order valence-corrected chi connectivity index (χ4v) is 5.88. The summed E-state index contributed by atoms with van der Waals surface area (Å²) in [6, 6.07) is 11.8. The van der Waals surface area contributed by atoms with Gasteiger partial charge in [0.1, 0.15) is 17.3 Å². The van der Waals surface area contributed by atoms with Crippen LogP contribution in [0.2, 0.25) is 0 Å². The van der Waals surface area contributed by atoms with E-state index in [2.05, 4.69) is 42.9 Å². The molecule has 11 heteroatoms. The van der Waals surface area contributed by atoms with Gasteiger partial charge in [0.25, 0.3) is 5.56 Å². The zero-order valence-corrected chi connectivity index (χ0v) is 29.9. The van der Waals surface area contributed by atoms with Gasteiger partial charge in [0.15, 0.2) is 5.75 Å². The van der Waals surface area contributed by atoms with Crippen LogP contribution in [-0.4, -0.2) is 45.1 Å². The van der Waals surface area contributed by atoms with E-state index in [1.165, 1.54) is 24.1 Å². The molecule has 4 rings (SSSR count). The van der Waals surface area contributed by atoms with Crippen molar-refractivity contribution in [1.29, 1.82) is 0 Å². The molecule has 0 unspecified atom stereocenters. The largest absolute Gasteiger partial charge is 0.490 e. The van der Waals surface area contributed by atoms with E-state index in [9.17, 15) is 14.4 Å². The fourth-order valence-electron chi connectivity index (χ4n) is 5.88. The predicted octanol–water partition coefficient (Wildman–Crippen LogP) is 6.32. The van der Waals surface area contributed by atoms with Crippen molar-refractivity contribution in [1.82, 2.24) is 19.5 Å². The minimum Gasteiger partial charge on any atom is -0.490 e. The lowest BCUT2D eigenvalue weighted by Crippen LogP contribution is -2.29. The Bertz CT molecular complexity index is 1790. The molecule has 0 bridgehead atoms. The van der Waals surface area contributed by atoms with Gasteiger partial charge in [-0.2, -0.15) is 0 Å². The van der Waals surface area contributed by atoms with Crippen molar-refractivity contribution in [3.8, 4) is 23.2 Å². The summed E-state index contributed by atoms with van der Waals surface area (Å²) in [5.41, 5.74) is 10.2. The Labute approximate surface area is 294 Å². The van der Waals surface area contributed by atoms with Crippen LogP contribution in [-0.2, 0) is 46.4 Å². The van der Waals surface area contributed by atoms with Gasteiger partial charge < -0.3 is 19.9 Å². The minimum atomic E-state index is -0.383. The maximum atomic E-state index is 14.3. The lowest BCUT2D eigenvalue weighted by Gasteiger charge is -2.20. The Balaban J connectivity index is 1.74. The average Bonchev–Trinajstić information content (AvgIpc) is 3.10. The lowest BCUT2D eigenvalue weighted by molar-refractivity contribution is -0.139. The molecular weight excluding hydrogens is 634 g/mol. The third kappa shape index (κ3) is 9.99. The number of carbonyl (C=O) groups is 2. The summed E-state index contributed by atoms with van der Waals surface area (Å²) >= 11 is 0. The number of benzene rings is 2. The molecule has 4 aromatic rings. The summed E-state index contributed by atoms with van der Waals surface area (Å²) in [5, 5.41) is 0. The Kier molecular flexibility index (Phi) is 14.1. The number of unbranched alkanes of at least 4 members (excludes halogenated alkanes) is 1. The zero-order chi connectivity index (χ0) is 36.0. The van der Waals surface area contributed by atoms with Crippen molar-refractivity contribution < 1.29 is 23.8 Å². The molecule has 11 nitrogen and oxygen atoms in total. The molecule has 2 aromatic carbocycles. The summed E-state index contributed by atoms with van der Waals surface area (Å²) in [7, 11) is 1.38. The highest BCUT2D eigenvalue weighted by molar-refractivity contribution is 5.74. The molecule has 0 aliphatic heterocycles. The van der Waals surface area contributed by atoms with Crippen LogP contribution in [0.5, 0.6) is 17.2 Å². The third-order valence-corrected chi connectivity index (χ3v) is 8.32. The molecule has 0 atom stereocenters. The molecule has 0 spiro atoms. The number of methoxy groups -OCH3 is 1. The van der Waals surface area contributed by atoms with Crippen LogP contribution < -0.4 is 20.8 Å². The van der Waals surface area contributed by atoms with Crippen LogP contribution in [0.15, 0.2) is 53.6 Å². The standard InChI is InChI=1S/C39H49N5O6/c1-6-9-16-33-32(38(47)44(26(4)43-33)39-41-24-31(25-42-39)49-19-12-18-35(40)45)22-27-20-29(13-7-2)37(30(21-27)14-8-3)50-34-17-11-10-15-28(34)23-36(46)48-5/h10-11,15,17,20-21,24-25H,6-9,12-14,16,18-19,22-23H2,1-5H3,(H2,40,45). The quantitative estimate of drug-likeness (QED) is 0.0885. The number of esters is 1. The van der Waals surface area contributed by atoms with Crippen LogP contribution in [0.25, 0.3) is 5.95 Å². The van der Waals surface area contributed by atoms with E-state index in [0.717, 1.165) is 72.2 Å². The number of amides is 1. The molecule has 0 aliphatic carbocycles. The van der Waals surface area contributed by atoms with Crippen molar-refractivity contribution in [3.63, 3.8) is 0 Å². The van der Waals surface area contributed by atoms with Crippen molar-refractivity contribution in [3.05, 3.63) is 98.5 Å². The van der Waals surface area contributed by atoms with Gasteiger partial charge in [0.2, 0.25) is 11.9 Å². The molecular formula is C39H49N5O6. The third-order valence-electron chi connectivity index (χ3n) is 8.32. The first-order valence-electron chi connectivity index (χ1n) is 17.5. The fraction of sp³-hybridized carbons (Fsp3) is 0.436. The SMILES string of the molecule is CCCCc1nc(C)n(-c2ncc(OCCCC(N)=O)cn2)c(=O)c1Cc1cc(CCC)c(Oc2ccccc2CC(=O)OC)c(CCC)c1. The van der Waals surface area contributed by atoms with E-state index < -0.39 is 0 Å². The molecule has 0 saturated heterocycles. The minimum absolute atomic E-state index is 0.112. The van der Waals surface area contributed by atoms with Crippen LogP contribution >= 0.6 is 0 Å². The first-order chi connectivity index (χ1) is 24.2. The number of primary amides is 1. The van der Waals surface area contributed by atoms with Gasteiger partial charge in [-0.1, -0.05) is 70.4 Å². The maximum absolute atomic E-state index is 14.3. The molecule has 2 N–H and O–H groups in total. The Morgan fingerprint density at radius 3 is 2.20 bits per heavy atom. The molecule has 0 radical (unpaired) electrons. The summed E-state index contributed by atoms with van der Waals surface area (Å²) in [4.78, 5) is 51.3. The van der Waals surface area contributed by atoms with Gasteiger partial charge in [-0.05, 0) is 61.8 Å². The number of ether oxygens (including phenoxy) is 3. The van der Waals surface area contributed by atoms with E-state index in [1.807, 2.05) is 24.3 Å². The molecule has 2 aromatic heterocycles. The Morgan fingerprint density at radius 2 is 1.58 bits per heavy atom. The summed E-state index contributed by atoms with van der Waals surface area (Å²) in [6.07, 6.45) is 10.2. The van der Waals surface area contributed by atoms with Crippen molar-refractivity contribution in [2.45, 2.75) is 98.3 Å². The second-order valence-electron chi connectivity index (χ2n) is 12.3. The number of aromatic nitrogens is 4. The number of para-hydroxylation sites is 1. The van der Waals surface area contributed by atoms with Crippen LogP contribution in [0.3, 0.4) is 0 Å². The number of nitrogens with zero attached hydrogens (tertiary/aromatic N) is 4. The highest BCUT2D eigenvalue weighted by Gasteiger charge is 2.21. The summed E-state index contributed by atoms with van der Waals surface area (Å²) < 4.78 is 18.7. The van der Waals surface area contributed by atoms with E-state index in [1.54, 1.807) is 6.92 Å². The van der Waals surface area contributed by atoms with Gasteiger partial charge in [0.05, 0.1) is 38.2 Å². The maximum Gasteiger partial charge on any atom is 0.310 e. The first-order valence-corrected chi connectivity index (χ1v) is 17.5. The molecule has 0 fully saturated rings. The number of hydrogen-bond acceptors (Lipinski definition) is 9. The molecule has 2 heterocycles. The topological polar surface area (TPSA) is 149 Å². The first kappa shape index (κ1) is 37.8. The Hall–Kier alpha value is -5.06. The van der Waals surface area contributed by atoms with Crippen molar-refractivity contribution in [2.24, 2.45) is 5.73 Å². The number of rotatable bonds is 19. The Morgan fingerprint density at radius 1 is 0.900 bits per heavy atom. The average molecular weight is 684 g/mol. The van der Waals surface area contributed by atoms with E-state index in [4.69, 9.17) is 24.9 Å². The molecule has 0 aliphatic rings. The van der Waals surface area contributed by atoms with Crippen molar-refractivity contribution >= 4 is 11.9 Å². The highest BCUT2D eigenvalue weighted by Crippen LogP contribution is 2.35. The normalized spacial score (nSPS) is 11.0. The van der Waals surface area contributed by atoms with Crippen molar-refractivity contribution in [2.75, 3.05) is 13.7 Å². The zero-order valence-electron chi connectivity index (χ0n) is 29.9. The van der Waals surface area contributed by atoms with Crippen LogP contribution in [0.1, 0.15) is 98.6 Å². The monoisotopic (exact) mass is 683 g/mol. The smallest absolute Gasteiger partial charge is 0.310 e. The van der Waals surface area contributed by atoms with E-state index in [-0.39, 0.29) is 36.2 Å². The van der Waals surface area contributed by atoms with Crippen LogP contribution in [0.4, 0.5) is 0 Å². The van der Waals surface area contributed by atoms with E-state index >= 15 is 0 Å². The molecule has 266 valence electrons. The highest BCUT2D eigenvalue weighted by atomic mass is 16.5. The molecule has 1 amide bonds. The van der Waals surface area contributed by atoms with Gasteiger partial charge >= 0.3 is 5.97 Å². The second-order valence-corrected chi connectivity index (χ2v) is 12.3. The predicted molar refractivity (Wildman–Crippen MR) is 192 cm³/mol. The molecule has 50 heavy (non-hydrogen) atoms. The summed E-state index contributed by atoms with van der Waals surface area (Å²) in [5.74, 6) is 1.85. The number of aryl methyl sites for hydroxylation is 4. The number of nitrogens with two attached hydrogens (primary N) is 1. The number of carbonyl (C=O) groups excluding carboxylic acids is 2. The van der Waals surface area contributed by atoms with E-state index in [0.29, 0.717) is 48.8 Å². The van der Waals surface area contributed by atoms with Gasteiger partial charge in [0, 0.05) is 24.0 Å². The summed E-state index contributed by atoms with van der Waals surface area (Å²) in [6.45, 7) is 8.47. The van der Waals surface area contributed by atoms with Crippen LogP contribution in [0, 0.1) is 6.92 Å². The lowest BCUT2D eigenvalue weighted by atomic mass is 9.94. The van der Waals surface area contributed by atoms with Gasteiger partial charge in [-0.15, -0.1) is 0 Å². The molecule has 0 saturated carbocycles. The second kappa shape index (κ2) is 18.6. The van der Waals surface area contributed by atoms with Gasteiger partial charge in [-0.3, -0.25) is 14.4 Å².